The predicted octanol–water partition coefficient (Wildman–Crippen LogP) is 3.70. The number of thiazole rings is 1. The fourth-order valence-electron chi connectivity index (χ4n) is 3.15. The summed E-state index contributed by atoms with van der Waals surface area (Å²) in [6.07, 6.45) is 4.67. The van der Waals surface area contributed by atoms with Crippen LogP contribution in [0.15, 0.2) is 24.3 Å². The van der Waals surface area contributed by atoms with E-state index in [0.717, 1.165) is 42.6 Å². The zero-order valence-corrected chi connectivity index (χ0v) is 16.2. The Bertz CT molecular complexity index is 631. The molecule has 1 heterocycles. The van der Waals surface area contributed by atoms with Crippen molar-refractivity contribution < 1.29 is 4.79 Å². The summed E-state index contributed by atoms with van der Waals surface area (Å²) in [7, 11) is 0. The van der Waals surface area contributed by atoms with Gasteiger partial charge in [-0.05, 0) is 38.3 Å². The summed E-state index contributed by atoms with van der Waals surface area (Å²) in [5.41, 5.74) is 7.01. The molecule has 3 atom stereocenters. The summed E-state index contributed by atoms with van der Waals surface area (Å²) in [4.78, 5) is 17.0. The number of nitrogens with two attached hydrogens (primary N) is 1. The van der Waals surface area contributed by atoms with Gasteiger partial charge in [-0.1, -0.05) is 18.6 Å². The number of hydrogen-bond donors (Lipinski definition) is 2. The van der Waals surface area contributed by atoms with E-state index in [2.05, 4.69) is 16.4 Å². The molecule has 0 radical (unpaired) electrons. The van der Waals surface area contributed by atoms with Gasteiger partial charge in [-0.2, -0.15) is 0 Å². The molecule has 1 aliphatic carbocycles. The van der Waals surface area contributed by atoms with E-state index in [4.69, 9.17) is 5.73 Å². The van der Waals surface area contributed by atoms with Gasteiger partial charge in [0.05, 0.1) is 15.2 Å². The van der Waals surface area contributed by atoms with Gasteiger partial charge in [-0.3, -0.25) is 4.79 Å². The van der Waals surface area contributed by atoms with Crippen molar-refractivity contribution in [2.75, 3.05) is 0 Å². The van der Waals surface area contributed by atoms with E-state index in [1.807, 2.05) is 25.1 Å². The van der Waals surface area contributed by atoms with E-state index < -0.39 is 0 Å². The number of benzene rings is 1. The van der Waals surface area contributed by atoms with E-state index in [1.54, 1.807) is 11.3 Å². The highest BCUT2D eigenvalue weighted by Gasteiger charge is 2.26. The van der Waals surface area contributed by atoms with Gasteiger partial charge in [-0.25, -0.2) is 4.98 Å². The summed E-state index contributed by atoms with van der Waals surface area (Å²) in [6, 6.07) is 8.44. The molecule has 134 valence electrons. The second kappa shape index (κ2) is 9.56. The van der Waals surface area contributed by atoms with Crippen LogP contribution >= 0.6 is 36.2 Å². The Morgan fingerprint density at radius 1 is 1.38 bits per heavy atom. The highest BCUT2D eigenvalue weighted by Crippen LogP contribution is 2.24. The topological polar surface area (TPSA) is 68.0 Å². The van der Waals surface area contributed by atoms with Gasteiger partial charge in [0, 0.05) is 24.4 Å². The molecule has 0 saturated heterocycles. The molecule has 3 N–H and O–H groups in total. The Labute approximate surface area is 159 Å². The van der Waals surface area contributed by atoms with E-state index in [9.17, 15) is 4.79 Å². The normalized spacial score (nSPS) is 21.4. The monoisotopic (exact) mass is 389 g/mol. The maximum atomic E-state index is 12.3. The van der Waals surface area contributed by atoms with Crippen LogP contribution in [0.5, 0.6) is 0 Å². The fourth-order valence-corrected chi connectivity index (χ4v) is 4.24. The number of para-hydroxylation sites is 1. The zero-order valence-electron chi connectivity index (χ0n) is 13.7. The molecule has 4 nitrogen and oxygen atoms in total. The third kappa shape index (κ3) is 5.31. The number of amides is 1. The number of rotatable bonds is 4. The molecule has 2 aromatic rings. The van der Waals surface area contributed by atoms with E-state index in [1.165, 1.54) is 4.70 Å². The Balaban J connectivity index is 0.00000144. The average molecular weight is 390 g/mol. The van der Waals surface area contributed by atoms with E-state index >= 15 is 0 Å². The number of fused-ring (bicyclic) bond motifs is 1. The number of carbonyl (C=O) groups is 1. The molecule has 1 saturated carbocycles. The van der Waals surface area contributed by atoms with Crippen LogP contribution in [-0.2, 0) is 11.2 Å². The van der Waals surface area contributed by atoms with Gasteiger partial charge in [0.25, 0.3) is 0 Å². The van der Waals surface area contributed by atoms with Crippen LogP contribution in [0.3, 0.4) is 0 Å². The molecule has 1 aromatic heterocycles. The summed E-state index contributed by atoms with van der Waals surface area (Å²) in [6.45, 7) is 2.05. The molecular formula is C17H25Cl2N3OS. The molecule has 1 aliphatic rings. The van der Waals surface area contributed by atoms with Crippen molar-refractivity contribution in [3.05, 3.63) is 29.3 Å². The van der Waals surface area contributed by atoms with Crippen LogP contribution in [0.2, 0.25) is 0 Å². The average Bonchev–Trinajstić information content (AvgIpc) is 2.89. The first-order valence-corrected chi connectivity index (χ1v) is 8.84. The van der Waals surface area contributed by atoms with Crippen molar-refractivity contribution >= 4 is 52.3 Å². The maximum absolute atomic E-state index is 12.3. The standard InChI is InChI=1S/C17H23N3OS.2ClH/c1-11(19-17(21)12-5-4-6-13(18)10-12)9-16-20-14-7-2-3-8-15(14)22-16;;/h2-3,7-8,11-13H,4-6,9-10,18H2,1H3,(H,19,21);2*1H. The quantitative estimate of drug-likeness (QED) is 0.837. The number of nitrogens with one attached hydrogen (secondary N) is 1. The SMILES string of the molecule is CC(Cc1nc2ccccc2s1)NC(=O)C1CCCC(N)C1.Cl.Cl. The van der Waals surface area contributed by atoms with Crippen molar-refractivity contribution in [2.24, 2.45) is 11.7 Å². The van der Waals surface area contributed by atoms with Crippen molar-refractivity contribution in [3.8, 4) is 0 Å². The summed E-state index contributed by atoms with van der Waals surface area (Å²) in [5, 5.41) is 4.21. The molecule has 3 unspecified atom stereocenters. The molecule has 0 aliphatic heterocycles. The number of nitrogens with zero attached hydrogens (tertiary/aromatic N) is 1. The minimum absolute atomic E-state index is 0. The zero-order chi connectivity index (χ0) is 15.5. The lowest BCUT2D eigenvalue weighted by Crippen LogP contribution is -2.42. The summed E-state index contributed by atoms with van der Waals surface area (Å²) < 4.78 is 1.20. The number of aromatic nitrogens is 1. The second-order valence-corrected chi connectivity index (χ2v) is 7.43. The smallest absolute Gasteiger partial charge is 0.223 e. The highest BCUT2D eigenvalue weighted by molar-refractivity contribution is 7.18. The van der Waals surface area contributed by atoms with Gasteiger partial charge >= 0.3 is 0 Å². The Kier molecular flexibility index (Phi) is 8.43. The summed E-state index contributed by atoms with van der Waals surface area (Å²) >= 11 is 1.71. The lowest BCUT2D eigenvalue weighted by molar-refractivity contribution is -0.126. The van der Waals surface area contributed by atoms with Gasteiger partial charge in [-0.15, -0.1) is 36.2 Å². The highest BCUT2D eigenvalue weighted by atomic mass is 35.5. The van der Waals surface area contributed by atoms with Crippen molar-refractivity contribution in [1.29, 1.82) is 0 Å². The van der Waals surface area contributed by atoms with Crippen molar-refractivity contribution in [2.45, 2.75) is 51.1 Å². The first-order valence-electron chi connectivity index (χ1n) is 8.02. The van der Waals surface area contributed by atoms with Crippen molar-refractivity contribution in [3.63, 3.8) is 0 Å². The van der Waals surface area contributed by atoms with Crippen LogP contribution in [0.4, 0.5) is 0 Å². The number of carbonyl (C=O) groups excluding carboxylic acids is 1. The molecule has 1 fully saturated rings. The molecule has 7 heteroatoms. The Hall–Kier alpha value is -0.880. The number of halogens is 2. The maximum Gasteiger partial charge on any atom is 0.223 e. The lowest BCUT2D eigenvalue weighted by Gasteiger charge is -2.26. The van der Waals surface area contributed by atoms with E-state index in [-0.39, 0.29) is 48.7 Å². The molecular weight excluding hydrogens is 365 g/mol. The van der Waals surface area contributed by atoms with Crippen LogP contribution in [-0.4, -0.2) is 23.0 Å². The number of hydrogen-bond acceptors (Lipinski definition) is 4. The van der Waals surface area contributed by atoms with E-state index in [0.29, 0.717) is 0 Å². The van der Waals surface area contributed by atoms with Crippen LogP contribution < -0.4 is 11.1 Å². The van der Waals surface area contributed by atoms with Crippen LogP contribution in [0.25, 0.3) is 10.2 Å². The first kappa shape index (κ1) is 21.2. The molecule has 0 bridgehead atoms. The lowest BCUT2D eigenvalue weighted by atomic mass is 9.85. The largest absolute Gasteiger partial charge is 0.353 e. The third-order valence-electron chi connectivity index (χ3n) is 4.29. The molecule has 1 amide bonds. The van der Waals surface area contributed by atoms with Crippen LogP contribution in [0.1, 0.15) is 37.6 Å². The molecule has 1 aromatic carbocycles. The molecule has 3 rings (SSSR count). The summed E-state index contributed by atoms with van der Waals surface area (Å²) in [5.74, 6) is 0.241. The van der Waals surface area contributed by atoms with Gasteiger partial charge < -0.3 is 11.1 Å². The predicted molar refractivity (Wildman–Crippen MR) is 105 cm³/mol. The van der Waals surface area contributed by atoms with Gasteiger partial charge in [0.15, 0.2) is 0 Å². The van der Waals surface area contributed by atoms with Gasteiger partial charge in [0.1, 0.15) is 0 Å². The van der Waals surface area contributed by atoms with Crippen molar-refractivity contribution in [1.82, 2.24) is 10.3 Å². The molecule has 0 spiro atoms. The van der Waals surface area contributed by atoms with Crippen LogP contribution in [0, 0.1) is 5.92 Å². The first-order chi connectivity index (χ1) is 10.6. The Morgan fingerprint density at radius 2 is 2.12 bits per heavy atom. The minimum atomic E-state index is 0. The third-order valence-corrected chi connectivity index (χ3v) is 5.35. The fraction of sp³-hybridized carbons (Fsp3) is 0.529. The second-order valence-electron chi connectivity index (χ2n) is 6.31. The Morgan fingerprint density at radius 3 is 2.83 bits per heavy atom. The van der Waals surface area contributed by atoms with Gasteiger partial charge in [0.2, 0.25) is 5.91 Å². The molecule has 24 heavy (non-hydrogen) atoms. The minimum Gasteiger partial charge on any atom is -0.353 e.